The van der Waals surface area contributed by atoms with Crippen molar-refractivity contribution in [1.29, 1.82) is 0 Å². The number of rotatable bonds is 4. The molecule has 2 aromatic carbocycles. The Bertz CT molecular complexity index is 1140. The van der Waals surface area contributed by atoms with Crippen molar-refractivity contribution < 1.29 is 22.7 Å². The number of anilines is 2. The Balaban J connectivity index is 1.41. The molecule has 1 fully saturated rings. The summed E-state index contributed by atoms with van der Waals surface area (Å²) in [4.78, 5) is 24.3. The molecule has 0 aromatic heterocycles. The van der Waals surface area contributed by atoms with Crippen LogP contribution in [0.4, 0.5) is 11.4 Å². The summed E-state index contributed by atoms with van der Waals surface area (Å²) in [5.74, 6) is -0.301. The van der Waals surface area contributed by atoms with Crippen LogP contribution in [0.5, 0.6) is 5.75 Å². The molecular formula is C21H22ClN3O5S. The molecule has 0 atom stereocenters. The van der Waals surface area contributed by atoms with Gasteiger partial charge in [0, 0.05) is 29.7 Å². The first-order valence-corrected chi connectivity index (χ1v) is 11.7. The van der Waals surface area contributed by atoms with Gasteiger partial charge in [0.1, 0.15) is 5.75 Å². The molecule has 1 saturated heterocycles. The summed E-state index contributed by atoms with van der Waals surface area (Å²) in [5, 5.41) is 6.13. The van der Waals surface area contributed by atoms with Crippen LogP contribution in [0.3, 0.4) is 0 Å². The maximum absolute atomic E-state index is 13.1. The zero-order valence-corrected chi connectivity index (χ0v) is 18.4. The second-order valence-corrected chi connectivity index (χ2v) is 10.00. The summed E-state index contributed by atoms with van der Waals surface area (Å²) in [6.45, 7) is 2.24. The number of halogens is 1. The van der Waals surface area contributed by atoms with Crippen LogP contribution in [0, 0.1) is 12.8 Å². The fourth-order valence-corrected chi connectivity index (χ4v) is 5.46. The number of aryl methyl sites for hydroxylation is 1. The topological polar surface area (TPSA) is 105 Å². The van der Waals surface area contributed by atoms with E-state index in [1.54, 1.807) is 18.2 Å². The highest BCUT2D eigenvalue weighted by Crippen LogP contribution is 2.32. The van der Waals surface area contributed by atoms with Crippen LogP contribution in [0.15, 0.2) is 41.3 Å². The van der Waals surface area contributed by atoms with Gasteiger partial charge in [0.15, 0.2) is 6.61 Å². The van der Waals surface area contributed by atoms with Crippen molar-refractivity contribution in [3.05, 3.63) is 47.0 Å². The third-order valence-corrected chi connectivity index (χ3v) is 7.62. The lowest BCUT2D eigenvalue weighted by atomic mass is 9.97. The van der Waals surface area contributed by atoms with Crippen molar-refractivity contribution in [2.75, 3.05) is 30.3 Å². The molecule has 31 heavy (non-hydrogen) atoms. The second-order valence-electron chi connectivity index (χ2n) is 7.62. The molecule has 164 valence electrons. The summed E-state index contributed by atoms with van der Waals surface area (Å²) in [6, 6.07) is 9.66. The van der Waals surface area contributed by atoms with Gasteiger partial charge in [0.25, 0.3) is 5.91 Å². The molecule has 0 radical (unpaired) electrons. The van der Waals surface area contributed by atoms with E-state index >= 15 is 0 Å². The molecule has 2 aromatic rings. The van der Waals surface area contributed by atoms with E-state index in [2.05, 4.69) is 10.6 Å². The monoisotopic (exact) mass is 463 g/mol. The van der Waals surface area contributed by atoms with E-state index in [1.807, 2.05) is 6.92 Å². The van der Waals surface area contributed by atoms with Crippen molar-refractivity contribution in [2.45, 2.75) is 24.7 Å². The number of sulfonamides is 1. The first kappa shape index (κ1) is 21.6. The molecule has 10 heteroatoms. The highest BCUT2D eigenvalue weighted by Gasteiger charge is 2.33. The van der Waals surface area contributed by atoms with Crippen LogP contribution < -0.4 is 15.4 Å². The lowest BCUT2D eigenvalue weighted by molar-refractivity contribution is -0.121. The predicted octanol–water partition coefficient (Wildman–Crippen LogP) is 3.02. The van der Waals surface area contributed by atoms with Crippen molar-refractivity contribution in [3.63, 3.8) is 0 Å². The van der Waals surface area contributed by atoms with Crippen molar-refractivity contribution in [1.82, 2.24) is 4.31 Å². The van der Waals surface area contributed by atoms with Gasteiger partial charge in [-0.2, -0.15) is 4.31 Å². The molecule has 0 bridgehead atoms. The average molecular weight is 464 g/mol. The summed E-state index contributed by atoms with van der Waals surface area (Å²) in [6.07, 6.45) is 0.838. The van der Waals surface area contributed by atoms with Crippen molar-refractivity contribution >= 4 is 44.8 Å². The Hall–Kier alpha value is -2.62. The standard InChI is InChI=1S/C21H22ClN3O5S/c1-13-10-15(22)2-4-17(13)24-21(27)14-6-8-25(9-7-14)31(28,29)16-3-5-19-18(11-16)23-20(26)12-30-19/h2-5,10-11,14H,6-9,12H2,1H3,(H,23,26)(H,24,27). The minimum absolute atomic E-state index is 0.0803. The number of carbonyl (C=O) groups is 2. The average Bonchev–Trinajstić information content (AvgIpc) is 2.75. The highest BCUT2D eigenvalue weighted by molar-refractivity contribution is 7.89. The normalized spacial score (nSPS) is 17.4. The number of fused-ring (bicyclic) bond motifs is 1. The van der Waals surface area contributed by atoms with Gasteiger partial charge in [-0.15, -0.1) is 0 Å². The van der Waals surface area contributed by atoms with Crippen LogP contribution in [-0.4, -0.2) is 44.2 Å². The first-order valence-electron chi connectivity index (χ1n) is 9.88. The molecular weight excluding hydrogens is 442 g/mol. The van der Waals surface area contributed by atoms with Crippen LogP contribution in [-0.2, 0) is 19.6 Å². The van der Waals surface area contributed by atoms with Gasteiger partial charge in [0.2, 0.25) is 15.9 Å². The Kier molecular flexibility index (Phi) is 5.92. The summed E-state index contributed by atoms with van der Waals surface area (Å²) >= 11 is 5.96. The lowest BCUT2D eigenvalue weighted by Crippen LogP contribution is -2.41. The molecule has 2 heterocycles. The molecule has 8 nitrogen and oxygen atoms in total. The summed E-state index contributed by atoms with van der Waals surface area (Å²) in [7, 11) is -3.75. The molecule has 2 amide bonds. The van der Waals surface area contributed by atoms with E-state index in [-0.39, 0.29) is 42.3 Å². The van der Waals surface area contributed by atoms with Crippen LogP contribution >= 0.6 is 11.6 Å². The van der Waals surface area contributed by atoms with E-state index in [0.717, 1.165) is 5.56 Å². The van der Waals surface area contributed by atoms with E-state index in [1.165, 1.54) is 22.5 Å². The SMILES string of the molecule is Cc1cc(Cl)ccc1NC(=O)C1CCN(S(=O)(=O)c2ccc3c(c2)NC(=O)CO3)CC1. The van der Waals surface area contributed by atoms with Gasteiger partial charge in [-0.1, -0.05) is 11.6 Å². The number of hydrogen-bond donors (Lipinski definition) is 2. The molecule has 0 spiro atoms. The number of piperidine rings is 1. The predicted molar refractivity (Wildman–Crippen MR) is 117 cm³/mol. The number of amides is 2. The fourth-order valence-electron chi connectivity index (χ4n) is 3.73. The molecule has 2 aliphatic rings. The van der Waals surface area contributed by atoms with Crippen LogP contribution in [0.1, 0.15) is 18.4 Å². The lowest BCUT2D eigenvalue weighted by Gasteiger charge is -2.31. The Morgan fingerprint density at radius 1 is 1.19 bits per heavy atom. The number of nitrogens with one attached hydrogen (secondary N) is 2. The van der Waals surface area contributed by atoms with Gasteiger partial charge in [0.05, 0.1) is 10.6 Å². The number of hydrogen-bond acceptors (Lipinski definition) is 5. The summed E-state index contributed by atoms with van der Waals surface area (Å²) < 4.78 is 32.8. The third-order valence-electron chi connectivity index (χ3n) is 5.49. The first-order chi connectivity index (χ1) is 14.7. The Labute approximate surface area is 185 Å². The smallest absolute Gasteiger partial charge is 0.262 e. The molecule has 0 aliphatic carbocycles. The van der Waals surface area contributed by atoms with Crippen molar-refractivity contribution in [3.8, 4) is 5.75 Å². The van der Waals surface area contributed by atoms with Gasteiger partial charge in [-0.05, 0) is 61.7 Å². The van der Waals surface area contributed by atoms with Gasteiger partial charge in [-0.25, -0.2) is 8.42 Å². The zero-order valence-electron chi connectivity index (χ0n) is 16.9. The van der Waals surface area contributed by atoms with Gasteiger partial charge >= 0.3 is 0 Å². The van der Waals surface area contributed by atoms with Crippen LogP contribution in [0.2, 0.25) is 5.02 Å². The molecule has 4 rings (SSSR count). The van der Waals surface area contributed by atoms with Crippen LogP contribution in [0.25, 0.3) is 0 Å². The zero-order chi connectivity index (χ0) is 22.2. The van der Waals surface area contributed by atoms with Gasteiger partial charge in [-0.3, -0.25) is 9.59 Å². The number of benzene rings is 2. The van der Waals surface area contributed by atoms with Crippen molar-refractivity contribution in [2.24, 2.45) is 5.92 Å². The fraction of sp³-hybridized carbons (Fsp3) is 0.333. The van der Waals surface area contributed by atoms with E-state index < -0.39 is 10.0 Å². The second kappa shape index (κ2) is 8.49. The Morgan fingerprint density at radius 2 is 1.94 bits per heavy atom. The third kappa shape index (κ3) is 4.53. The molecule has 2 aliphatic heterocycles. The van der Waals surface area contributed by atoms with E-state index in [4.69, 9.17) is 16.3 Å². The Morgan fingerprint density at radius 3 is 2.65 bits per heavy atom. The molecule has 2 N–H and O–H groups in total. The minimum atomic E-state index is -3.75. The maximum Gasteiger partial charge on any atom is 0.262 e. The van der Waals surface area contributed by atoms with Gasteiger partial charge < -0.3 is 15.4 Å². The summed E-state index contributed by atoms with van der Waals surface area (Å²) in [5.41, 5.74) is 1.90. The molecule has 0 saturated carbocycles. The highest BCUT2D eigenvalue weighted by atomic mass is 35.5. The largest absolute Gasteiger partial charge is 0.482 e. The number of ether oxygens (including phenoxy) is 1. The van der Waals surface area contributed by atoms with E-state index in [0.29, 0.717) is 35.0 Å². The molecule has 0 unspecified atom stereocenters. The number of nitrogens with zero attached hydrogens (tertiary/aromatic N) is 1. The number of carbonyl (C=O) groups excluding carboxylic acids is 2. The minimum Gasteiger partial charge on any atom is -0.482 e. The van der Waals surface area contributed by atoms with E-state index in [9.17, 15) is 18.0 Å². The maximum atomic E-state index is 13.1. The quantitative estimate of drug-likeness (QED) is 0.725.